The van der Waals surface area contributed by atoms with Crippen LogP contribution in [0, 0.1) is 0 Å². The highest BCUT2D eigenvalue weighted by atomic mass is 32.2. The van der Waals surface area contributed by atoms with E-state index in [0.717, 1.165) is 10.7 Å². The second kappa shape index (κ2) is 2.54. The summed E-state index contributed by atoms with van der Waals surface area (Å²) in [6, 6.07) is 3.77. The normalized spacial score (nSPS) is 15.5. The first-order chi connectivity index (χ1) is 5.36. The molecule has 0 spiro atoms. The third-order valence-electron chi connectivity index (χ3n) is 1.40. The first kappa shape index (κ1) is 6.67. The Hall–Kier alpha value is -1.03. The summed E-state index contributed by atoms with van der Waals surface area (Å²) >= 11 is 1.20. The molecule has 0 atom stereocenters. The number of hydrogen-bond donors (Lipinski definition) is 1. The number of nitrogens with zero attached hydrogens (tertiary/aromatic N) is 1. The molecule has 2 heterocycles. The van der Waals surface area contributed by atoms with Gasteiger partial charge in [-0.15, -0.1) is 0 Å². The van der Waals surface area contributed by atoms with Crippen molar-refractivity contribution < 1.29 is 4.79 Å². The number of fused-ring (bicyclic) bond motifs is 1. The average molecular weight is 166 g/mol. The van der Waals surface area contributed by atoms with E-state index in [1.54, 1.807) is 6.20 Å². The number of pyridine rings is 1. The van der Waals surface area contributed by atoms with Gasteiger partial charge >= 0.3 is 0 Å². The van der Waals surface area contributed by atoms with Crippen molar-refractivity contribution in [3.8, 4) is 0 Å². The maximum atomic E-state index is 10.9. The van der Waals surface area contributed by atoms with E-state index in [0.29, 0.717) is 6.54 Å². The first-order valence-electron chi connectivity index (χ1n) is 3.26. The summed E-state index contributed by atoms with van der Waals surface area (Å²) in [6.45, 7) is 0.406. The van der Waals surface area contributed by atoms with Crippen LogP contribution in [0.4, 0.5) is 5.69 Å². The predicted molar refractivity (Wildman–Crippen MR) is 43.6 cm³/mol. The number of carbonyl (C=O) groups is 1. The quantitative estimate of drug-likeness (QED) is 0.627. The van der Waals surface area contributed by atoms with Crippen molar-refractivity contribution in [1.29, 1.82) is 0 Å². The van der Waals surface area contributed by atoms with Gasteiger partial charge in [-0.25, -0.2) is 4.98 Å². The van der Waals surface area contributed by atoms with Crippen molar-refractivity contribution in [2.24, 2.45) is 0 Å². The monoisotopic (exact) mass is 166 g/mol. The number of anilines is 1. The molecule has 0 radical (unpaired) electrons. The lowest BCUT2D eigenvalue weighted by Crippen LogP contribution is -2.16. The minimum Gasteiger partial charge on any atom is -0.375 e. The van der Waals surface area contributed by atoms with Gasteiger partial charge in [0.15, 0.2) is 0 Å². The third-order valence-corrected chi connectivity index (χ3v) is 2.30. The van der Waals surface area contributed by atoms with Crippen molar-refractivity contribution in [3.05, 3.63) is 18.3 Å². The number of hydrogen-bond acceptors (Lipinski definition) is 4. The van der Waals surface area contributed by atoms with Gasteiger partial charge in [0.2, 0.25) is 5.12 Å². The Kier molecular flexibility index (Phi) is 1.54. The predicted octanol–water partition coefficient (Wildman–Crippen LogP) is 1.13. The maximum Gasteiger partial charge on any atom is 0.214 e. The van der Waals surface area contributed by atoms with Gasteiger partial charge in [0.1, 0.15) is 5.03 Å². The van der Waals surface area contributed by atoms with Crippen LogP contribution >= 0.6 is 11.8 Å². The summed E-state index contributed by atoms with van der Waals surface area (Å²) in [4.78, 5) is 14.9. The molecule has 56 valence electrons. The minimum absolute atomic E-state index is 0.121. The smallest absolute Gasteiger partial charge is 0.214 e. The molecular weight excluding hydrogens is 160 g/mol. The molecule has 2 rings (SSSR count). The van der Waals surface area contributed by atoms with Crippen molar-refractivity contribution in [1.82, 2.24) is 4.98 Å². The molecule has 0 fully saturated rings. The zero-order valence-corrected chi connectivity index (χ0v) is 6.52. The van der Waals surface area contributed by atoms with Crippen LogP contribution in [0.15, 0.2) is 23.4 Å². The number of aromatic nitrogens is 1. The molecular formula is C7H6N2OS. The molecule has 0 saturated heterocycles. The Morgan fingerprint density at radius 2 is 2.55 bits per heavy atom. The fourth-order valence-electron chi connectivity index (χ4n) is 0.918. The van der Waals surface area contributed by atoms with E-state index < -0.39 is 0 Å². The molecule has 1 aromatic rings. The standard InChI is InChI=1S/C7H6N2OS/c10-6-4-9-5-2-1-3-8-7(5)11-6/h1-3,9H,4H2. The van der Waals surface area contributed by atoms with Gasteiger partial charge < -0.3 is 5.32 Å². The molecule has 11 heavy (non-hydrogen) atoms. The van der Waals surface area contributed by atoms with Gasteiger partial charge in [0.25, 0.3) is 0 Å². The minimum atomic E-state index is 0.121. The number of rotatable bonds is 0. The lowest BCUT2D eigenvalue weighted by atomic mass is 10.4. The second-order valence-corrected chi connectivity index (χ2v) is 3.23. The fourth-order valence-corrected chi connectivity index (χ4v) is 1.64. The van der Waals surface area contributed by atoms with Gasteiger partial charge in [-0.3, -0.25) is 4.79 Å². The molecule has 0 unspecified atom stereocenters. The van der Waals surface area contributed by atoms with Crippen LogP contribution in [0.5, 0.6) is 0 Å². The van der Waals surface area contributed by atoms with Crippen LogP contribution in [0.1, 0.15) is 0 Å². The van der Waals surface area contributed by atoms with Gasteiger partial charge in [0.05, 0.1) is 12.2 Å². The Balaban J connectivity index is 2.41. The molecule has 1 aromatic heterocycles. The summed E-state index contributed by atoms with van der Waals surface area (Å²) in [7, 11) is 0. The van der Waals surface area contributed by atoms with E-state index in [2.05, 4.69) is 10.3 Å². The lowest BCUT2D eigenvalue weighted by molar-refractivity contribution is -0.109. The lowest BCUT2D eigenvalue weighted by Gasteiger charge is -2.13. The van der Waals surface area contributed by atoms with Gasteiger partial charge in [-0.1, -0.05) is 0 Å². The largest absolute Gasteiger partial charge is 0.375 e. The van der Waals surface area contributed by atoms with E-state index >= 15 is 0 Å². The number of nitrogens with one attached hydrogen (secondary N) is 1. The molecule has 0 aliphatic carbocycles. The molecule has 3 nitrogen and oxygen atoms in total. The highest BCUT2D eigenvalue weighted by Crippen LogP contribution is 2.28. The third kappa shape index (κ3) is 1.21. The Morgan fingerprint density at radius 3 is 3.45 bits per heavy atom. The van der Waals surface area contributed by atoms with Crippen LogP contribution in [0.25, 0.3) is 0 Å². The van der Waals surface area contributed by atoms with Crippen LogP contribution in [-0.4, -0.2) is 16.6 Å². The van der Waals surface area contributed by atoms with Gasteiger partial charge in [-0.05, 0) is 23.9 Å². The summed E-state index contributed by atoms with van der Waals surface area (Å²) in [5.74, 6) is 0. The zero-order chi connectivity index (χ0) is 7.68. The Labute approximate surface area is 68.2 Å². The summed E-state index contributed by atoms with van der Waals surface area (Å²) in [5.41, 5.74) is 0.956. The van der Waals surface area contributed by atoms with E-state index in [4.69, 9.17) is 0 Å². The zero-order valence-electron chi connectivity index (χ0n) is 5.70. The molecule has 0 bridgehead atoms. The van der Waals surface area contributed by atoms with E-state index in [-0.39, 0.29) is 5.12 Å². The molecule has 0 saturated carbocycles. The van der Waals surface area contributed by atoms with E-state index in [1.807, 2.05) is 12.1 Å². The van der Waals surface area contributed by atoms with E-state index in [1.165, 1.54) is 11.8 Å². The molecule has 0 amide bonds. The first-order valence-corrected chi connectivity index (χ1v) is 4.07. The SMILES string of the molecule is O=C1CNc2cccnc2S1. The van der Waals surface area contributed by atoms with Gasteiger partial charge in [0, 0.05) is 6.20 Å². The highest BCUT2D eigenvalue weighted by Gasteiger charge is 2.15. The highest BCUT2D eigenvalue weighted by molar-refractivity contribution is 8.13. The average Bonchev–Trinajstić information content (AvgIpc) is 2.04. The van der Waals surface area contributed by atoms with Crippen LogP contribution < -0.4 is 5.32 Å². The summed E-state index contributed by atoms with van der Waals surface area (Å²) in [6.07, 6.45) is 1.69. The maximum absolute atomic E-state index is 10.9. The summed E-state index contributed by atoms with van der Waals surface area (Å²) < 4.78 is 0. The Bertz CT molecular complexity index is 300. The molecule has 1 N–H and O–H groups in total. The molecule has 1 aliphatic rings. The van der Waals surface area contributed by atoms with Crippen molar-refractivity contribution >= 4 is 22.6 Å². The van der Waals surface area contributed by atoms with Crippen LogP contribution in [-0.2, 0) is 4.79 Å². The van der Waals surface area contributed by atoms with Crippen molar-refractivity contribution in [3.63, 3.8) is 0 Å². The number of carbonyl (C=O) groups excluding carboxylic acids is 1. The molecule has 0 aromatic carbocycles. The molecule has 1 aliphatic heterocycles. The topological polar surface area (TPSA) is 42.0 Å². The second-order valence-electron chi connectivity index (χ2n) is 2.18. The summed E-state index contributed by atoms with van der Waals surface area (Å²) in [5, 5.41) is 3.88. The van der Waals surface area contributed by atoms with E-state index in [9.17, 15) is 4.79 Å². The van der Waals surface area contributed by atoms with Crippen LogP contribution in [0.3, 0.4) is 0 Å². The number of thioether (sulfide) groups is 1. The van der Waals surface area contributed by atoms with Crippen LogP contribution in [0.2, 0.25) is 0 Å². The Morgan fingerprint density at radius 1 is 1.64 bits per heavy atom. The molecule has 4 heteroatoms. The van der Waals surface area contributed by atoms with Crippen molar-refractivity contribution in [2.75, 3.05) is 11.9 Å². The fraction of sp³-hybridized carbons (Fsp3) is 0.143. The van der Waals surface area contributed by atoms with Crippen molar-refractivity contribution in [2.45, 2.75) is 5.03 Å². The van der Waals surface area contributed by atoms with Gasteiger partial charge in [-0.2, -0.15) is 0 Å².